The molecule has 0 radical (unpaired) electrons. The van der Waals surface area contributed by atoms with Crippen LogP contribution in [0.4, 0.5) is 5.69 Å². The number of carbonyl (C=O) groups is 1. The Hall–Kier alpha value is -2.69. The second-order valence-electron chi connectivity index (χ2n) is 5.93. The largest absolute Gasteiger partial charge is 0.507 e. The molecule has 128 valence electrons. The van der Waals surface area contributed by atoms with Gasteiger partial charge >= 0.3 is 5.97 Å². The molecule has 5 heteroatoms. The summed E-state index contributed by atoms with van der Waals surface area (Å²) in [7, 11) is 0. The smallest absolute Gasteiger partial charge is 0.303 e. The lowest BCUT2D eigenvalue weighted by Crippen LogP contribution is -2.01. The number of ether oxygens (including phenoxy) is 1. The Morgan fingerprint density at radius 3 is 2.46 bits per heavy atom. The van der Waals surface area contributed by atoms with E-state index in [1.54, 1.807) is 18.2 Å². The summed E-state index contributed by atoms with van der Waals surface area (Å²) in [5.74, 6) is 0.633. The summed E-state index contributed by atoms with van der Waals surface area (Å²) in [6, 6.07) is 7.22. The Labute approximate surface area is 141 Å². The van der Waals surface area contributed by atoms with E-state index in [0.717, 1.165) is 22.3 Å². The number of hydrogen-bond acceptors (Lipinski definition) is 4. The van der Waals surface area contributed by atoms with Gasteiger partial charge in [0.1, 0.15) is 11.5 Å². The van der Waals surface area contributed by atoms with Gasteiger partial charge in [0.2, 0.25) is 0 Å². The van der Waals surface area contributed by atoms with Crippen LogP contribution in [0.15, 0.2) is 24.3 Å². The highest BCUT2D eigenvalue weighted by atomic mass is 16.5. The fraction of sp³-hybridized carbons (Fsp3) is 0.316. The molecule has 0 saturated heterocycles. The highest BCUT2D eigenvalue weighted by molar-refractivity contribution is 5.67. The summed E-state index contributed by atoms with van der Waals surface area (Å²) in [6.07, 6.45) is 1.20. The van der Waals surface area contributed by atoms with Gasteiger partial charge in [0, 0.05) is 6.42 Å². The Morgan fingerprint density at radius 1 is 1.17 bits per heavy atom. The number of nitrogens with two attached hydrogens (primary N) is 1. The molecule has 0 atom stereocenters. The summed E-state index contributed by atoms with van der Waals surface area (Å²) >= 11 is 0. The van der Waals surface area contributed by atoms with Crippen LogP contribution in [0.25, 0.3) is 0 Å². The molecular formula is C19H23NO4. The number of hydrogen-bond donors (Lipinski definition) is 3. The summed E-state index contributed by atoms with van der Waals surface area (Å²) in [5, 5.41) is 18.8. The zero-order chi connectivity index (χ0) is 17.9. The van der Waals surface area contributed by atoms with Gasteiger partial charge in [0.05, 0.1) is 5.69 Å². The minimum absolute atomic E-state index is 0.0656. The number of aromatic hydroxyl groups is 1. The molecule has 0 unspecified atom stereocenters. The molecule has 0 bridgehead atoms. The third-order valence-electron chi connectivity index (χ3n) is 3.94. The molecule has 0 aromatic heterocycles. The van der Waals surface area contributed by atoms with E-state index < -0.39 is 5.97 Å². The molecule has 5 nitrogen and oxygen atoms in total. The predicted octanol–water partition coefficient (Wildman–Crippen LogP) is 3.96. The first-order valence-electron chi connectivity index (χ1n) is 7.93. The molecule has 0 amide bonds. The summed E-state index contributed by atoms with van der Waals surface area (Å²) in [6.45, 7) is 5.67. The fourth-order valence-corrected chi connectivity index (χ4v) is 2.68. The number of benzene rings is 2. The van der Waals surface area contributed by atoms with E-state index in [4.69, 9.17) is 15.6 Å². The van der Waals surface area contributed by atoms with Gasteiger partial charge in [-0.25, -0.2) is 0 Å². The second-order valence-corrected chi connectivity index (χ2v) is 5.93. The summed E-state index contributed by atoms with van der Waals surface area (Å²) in [4.78, 5) is 10.7. The quantitative estimate of drug-likeness (QED) is 0.697. The average Bonchev–Trinajstić information content (AvgIpc) is 2.52. The number of nitrogen functional groups attached to an aromatic ring is 1. The predicted molar refractivity (Wildman–Crippen MR) is 93.8 cm³/mol. The molecule has 0 aliphatic heterocycles. The third-order valence-corrected chi connectivity index (χ3v) is 3.94. The highest BCUT2D eigenvalue weighted by Gasteiger charge is 2.12. The van der Waals surface area contributed by atoms with Crippen molar-refractivity contribution < 1.29 is 19.7 Å². The van der Waals surface area contributed by atoms with E-state index in [2.05, 4.69) is 0 Å². The molecule has 24 heavy (non-hydrogen) atoms. The van der Waals surface area contributed by atoms with Crippen molar-refractivity contribution in [2.75, 3.05) is 5.73 Å². The van der Waals surface area contributed by atoms with Crippen LogP contribution >= 0.6 is 0 Å². The first-order valence-corrected chi connectivity index (χ1v) is 7.93. The van der Waals surface area contributed by atoms with E-state index in [1.165, 1.54) is 0 Å². The van der Waals surface area contributed by atoms with E-state index in [9.17, 15) is 9.90 Å². The number of aliphatic carboxylic acids is 1. The van der Waals surface area contributed by atoms with Crippen LogP contribution in [0.1, 0.15) is 35.6 Å². The molecule has 2 aromatic carbocycles. The van der Waals surface area contributed by atoms with Gasteiger partial charge < -0.3 is 20.7 Å². The van der Waals surface area contributed by atoms with Crippen LogP contribution < -0.4 is 10.5 Å². The van der Waals surface area contributed by atoms with Gasteiger partial charge in [-0.05, 0) is 67.1 Å². The number of carboxylic acid groups (broad SMARTS) is 1. The number of aryl methyl sites for hydroxylation is 4. The molecule has 4 N–H and O–H groups in total. The van der Waals surface area contributed by atoms with E-state index in [1.807, 2.05) is 26.8 Å². The van der Waals surface area contributed by atoms with Crippen molar-refractivity contribution in [3.05, 3.63) is 46.5 Å². The zero-order valence-electron chi connectivity index (χ0n) is 14.2. The Balaban J connectivity index is 2.30. The van der Waals surface area contributed by atoms with Gasteiger partial charge in [-0.15, -0.1) is 0 Å². The first-order chi connectivity index (χ1) is 11.3. The molecule has 2 rings (SSSR count). The molecule has 0 fully saturated rings. The lowest BCUT2D eigenvalue weighted by Gasteiger charge is -2.15. The molecule has 0 aliphatic rings. The topological polar surface area (TPSA) is 92.8 Å². The molecule has 0 heterocycles. The molecule has 0 aliphatic carbocycles. The van der Waals surface area contributed by atoms with E-state index in [0.29, 0.717) is 35.8 Å². The standard InChI is InChI=1S/C19H23NO4/c1-4-14-10-15(8-11(2)18(14)23)24-19-12(3)7-13(9-16(19)20)5-6-17(21)22/h7-10,23H,4-6,20H2,1-3H3,(H,21,22). The van der Waals surface area contributed by atoms with Crippen molar-refractivity contribution in [1.82, 2.24) is 0 Å². The SMILES string of the molecule is CCc1cc(Oc2c(C)cc(CCC(=O)O)cc2N)cc(C)c1O. The van der Waals surface area contributed by atoms with Gasteiger partial charge in [-0.1, -0.05) is 13.0 Å². The van der Waals surface area contributed by atoms with Crippen molar-refractivity contribution in [2.45, 2.75) is 40.0 Å². The summed E-state index contributed by atoms with van der Waals surface area (Å²) in [5.41, 5.74) is 9.85. The van der Waals surface area contributed by atoms with E-state index in [-0.39, 0.29) is 6.42 Å². The number of phenols is 1. The van der Waals surface area contributed by atoms with Crippen LogP contribution in [0.3, 0.4) is 0 Å². The molecular weight excluding hydrogens is 306 g/mol. The van der Waals surface area contributed by atoms with Crippen LogP contribution in [-0.4, -0.2) is 16.2 Å². The number of carboxylic acids is 1. The van der Waals surface area contributed by atoms with Crippen molar-refractivity contribution in [2.24, 2.45) is 0 Å². The first kappa shape index (κ1) is 17.7. The van der Waals surface area contributed by atoms with Crippen LogP contribution in [-0.2, 0) is 17.6 Å². The second kappa shape index (κ2) is 7.25. The molecule has 0 spiro atoms. The normalized spacial score (nSPS) is 10.6. The monoisotopic (exact) mass is 329 g/mol. The lowest BCUT2D eigenvalue weighted by atomic mass is 10.0. The van der Waals surface area contributed by atoms with Gasteiger partial charge in [-0.2, -0.15) is 0 Å². The summed E-state index contributed by atoms with van der Waals surface area (Å²) < 4.78 is 5.95. The van der Waals surface area contributed by atoms with Crippen molar-refractivity contribution in [3.8, 4) is 17.2 Å². The van der Waals surface area contributed by atoms with Gasteiger partial charge in [0.15, 0.2) is 5.75 Å². The average molecular weight is 329 g/mol. The fourth-order valence-electron chi connectivity index (χ4n) is 2.68. The minimum Gasteiger partial charge on any atom is -0.507 e. The molecule has 0 saturated carbocycles. The van der Waals surface area contributed by atoms with Crippen LogP contribution in [0.5, 0.6) is 17.2 Å². The van der Waals surface area contributed by atoms with Crippen molar-refractivity contribution in [1.29, 1.82) is 0 Å². The maximum absolute atomic E-state index is 10.7. The Bertz CT molecular complexity index is 745. The number of rotatable bonds is 6. The minimum atomic E-state index is -0.835. The number of anilines is 1. The maximum Gasteiger partial charge on any atom is 0.303 e. The maximum atomic E-state index is 10.7. The third kappa shape index (κ3) is 3.98. The zero-order valence-corrected chi connectivity index (χ0v) is 14.2. The molecule has 2 aromatic rings. The van der Waals surface area contributed by atoms with Crippen LogP contribution in [0, 0.1) is 13.8 Å². The van der Waals surface area contributed by atoms with Gasteiger partial charge in [0.25, 0.3) is 0 Å². The Morgan fingerprint density at radius 2 is 1.88 bits per heavy atom. The van der Waals surface area contributed by atoms with Crippen molar-refractivity contribution in [3.63, 3.8) is 0 Å². The van der Waals surface area contributed by atoms with E-state index >= 15 is 0 Å². The van der Waals surface area contributed by atoms with Gasteiger partial charge in [-0.3, -0.25) is 4.79 Å². The van der Waals surface area contributed by atoms with Crippen molar-refractivity contribution >= 4 is 11.7 Å². The highest BCUT2D eigenvalue weighted by Crippen LogP contribution is 2.35. The van der Waals surface area contributed by atoms with Crippen LogP contribution in [0.2, 0.25) is 0 Å². The lowest BCUT2D eigenvalue weighted by molar-refractivity contribution is -0.136. The number of phenolic OH excluding ortho intramolecular Hbond substituents is 1. The Kier molecular flexibility index (Phi) is 5.34.